The highest BCUT2D eigenvalue weighted by molar-refractivity contribution is 5.76. The van der Waals surface area contributed by atoms with Gasteiger partial charge in [0.1, 0.15) is 0 Å². The Balaban J connectivity index is 2.27. The molecule has 112 valence electrons. The predicted octanol–water partition coefficient (Wildman–Crippen LogP) is 1.60. The Morgan fingerprint density at radius 3 is 2.47 bits per heavy atom. The minimum Gasteiger partial charge on any atom is -0.353 e. The van der Waals surface area contributed by atoms with Crippen LogP contribution in [0.3, 0.4) is 0 Å². The van der Waals surface area contributed by atoms with Crippen LogP contribution >= 0.6 is 0 Å². The number of carbonyl (C=O) groups is 1. The molecule has 1 aliphatic heterocycles. The number of hydrogen-bond donors (Lipinski definition) is 2. The molecule has 4 heteroatoms. The van der Waals surface area contributed by atoms with Crippen molar-refractivity contribution in [2.75, 3.05) is 26.2 Å². The van der Waals surface area contributed by atoms with Crippen LogP contribution in [0.4, 0.5) is 0 Å². The van der Waals surface area contributed by atoms with Crippen molar-refractivity contribution in [3.05, 3.63) is 0 Å². The van der Waals surface area contributed by atoms with Gasteiger partial charge in [-0.15, -0.1) is 0 Å². The van der Waals surface area contributed by atoms with E-state index in [4.69, 9.17) is 5.73 Å². The molecule has 1 rings (SSSR count). The molecule has 1 amide bonds. The lowest BCUT2D eigenvalue weighted by Crippen LogP contribution is -2.45. The molecule has 1 fully saturated rings. The largest absolute Gasteiger partial charge is 0.353 e. The highest BCUT2D eigenvalue weighted by Crippen LogP contribution is 2.15. The maximum Gasteiger partial charge on any atom is 0.220 e. The van der Waals surface area contributed by atoms with Crippen LogP contribution in [-0.4, -0.2) is 43.0 Å². The maximum atomic E-state index is 12.0. The van der Waals surface area contributed by atoms with Gasteiger partial charge in [-0.3, -0.25) is 4.79 Å². The van der Waals surface area contributed by atoms with Crippen LogP contribution < -0.4 is 11.1 Å². The van der Waals surface area contributed by atoms with Crippen LogP contribution in [0.5, 0.6) is 0 Å². The molecule has 0 bridgehead atoms. The van der Waals surface area contributed by atoms with E-state index >= 15 is 0 Å². The van der Waals surface area contributed by atoms with Crippen molar-refractivity contribution < 1.29 is 4.79 Å². The van der Waals surface area contributed by atoms with Crippen molar-refractivity contribution in [1.82, 2.24) is 10.2 Å². The molecule has 0 aliphatic carbocycles. The van der Waals surface area contributed by atoms with Gasteiger partial charge in [-0.05, 0) is 44.2 Å². The summed E-state index contributed by atoms with van der Waals surface area (Å²) in [5.74, 6) is 1.12. The number of likely N-dealkylation sites (tertiary alicyclic amines) is 1. The summed E-state index contributed by atoms with van der Waals surface area (Å²) in [4.78, 5) is 14.5. The van der Waals surface area contributed by atoms with E-state index in [1.807, 2.05) is 0 Å². The van der Waals surface area contributed by atoms with Crippen LogP contribution in [0, 0.1) is 11.8 Å². The molecule has 1 unspecified atom stereocenters. The summed E-state index contributed by atoms with van der Waals surface area (Å²) in [5.41, 5.74) is 5.75. The van der Waals surface area contributed by atoms with Gasteiger partial charge in [0.15, 0.2) is 0 Å². The quantitative estimate of drug-likeness (QED) is 0.738. The number of carbonyl (C=O) groups excluding carboxylic acids is 1. The second-order valence-electron chi connectivity index (χ2n) is 6.21. The maximum absolute atomic E-state index is 12.0. The summed E-state index contributed by atoms with van der Waals surface area (Å²) in [5, 5.41) is 3.18. The molecule has 1 saturated heterocycles. The van der Waals surface area contributed by atoms with Crippen molar-refractivity contribution in [3.8, 4) is 0 Å². The monoisotopic (exact) mass is 269 g/mol. The van der Waals surface area contributed by atoms with E-state index in [0.717, 1.165) is 38.9 Å². The zero-order valence-electron chi connectivity index (χ0n) is 12.8. The molecule has 0 spiro atoms. The Morgan fingerprint density at radius 1 is 1.37 bits per heavy atom. The fraction of sp³-hybridized carbons (Fsp3) is 0.933. The van der Waals surface area contributed by atoms with E-state index in [-0.39, 0.29) is 5.91 Å². The van der Waals surface area contributed by atoms with Crippen LogP contribution in [-0.2, 0) is 4.79 Å². The zero-order valence-corrected chi connectivity index (χ0v) is 12.8. The molecule has 4 nitrogen and oxygen atoms in total. The van der Waals surface area contributed by atoms with Crippen LogP contribution in [0.1, 0.15) is 46.5 Å². The van der Waals surface area contributed by atoms with Gasteiger partial charge in [-0.25, -0.2) is 0 Å². The van der Waals surface area contributed by atoms with Gasteiger partial charge < -0.3 is 16.0 Å². The van der Waals surface area contributed by atoms with E-state index in [0.29, 0.717) is 30.8 Å². The molecule has 19 heavy (non-hydrogen) atoms. The second kappa shape index (κ2) is 8.54. The van der Waals surface area contributed by atoms with Gasteiger partial charge in [-0.1, -0.05) is 20.8 Å². The lowest BCUT2D eigenvalue weighted by molar-refractivity contribution is -0.123. The number of hydrogen-bond acceptors (Lipinski definition) is 3. The summed E-state index contributed by atoms with van der Waals surface area (Å²) >= 11 is 0. The van der Waals surface area contributed by atoms with E-state index in [1.54, 1.807) is 0 Å². The van der Waals surface area contributed by atoms with Crippen LogP contribution in [0.15, 0.2) is 0 Å². The molecular formula is C15H31N3O. The van der Waals surface area contributed by atoms with E-state index in [9.17, 15) is 4.79 Å². The first-order valence-corrected chi connectivity index (χ1v) is 7.76. The Labute approximate surface area is 118 Å². The minimum atomic E-state index is 0.186. The Bertz CT molecular complexity index is 260. The summed E-state index contributed by atoms with van der Waals surface area (Å²) in [6.45, 7) is 10.5. The molecule has 1 heterocycles. The predicted molar refractivity (Wildman–Crippen MR) is 79.9 cm³/mol. The summed E-state index contributed by atoms with van der Waals surface area (Å²) < 4.78 is 0. The fourth-order valence-electron chi connectivity index (χ4n) is 2.87. The molecule has 0 aromatic carbocycles. The van der Waals surface area contributed by atoms with E-state index in [2.05, 4.69) is 31.0 Å². The SMILES string of the molecule is CCN1CCC(NC(=O)CC(CN)CC(C)C)CC1. The smallest absolute Gasteiger partial charge is 0.220 e. The molecular weight excluding hydrogens is 238 g/mol. The number of nitrogens with zero attached hydrogens (tertiary/aromatic N) is 1. The lowest BCUT2D eigenvalue weighted by atomic mass is 9.93. The summed E-state index contributed by atoms with van der Waals surface area (Å²) in [6, 6.07) is 0.368. The first-order valence-electron chi connectivity index (χ1n) is 7.76. The average Bonchev–Trinajstić information content (AvgIpc) is 2.38. The highest BCUT2D eigenvalue weighted by atomic mass is 16.1. The average molecular weight is 269 g/mol. The Kier molecular flexibility index (Phi) is 7.39. The Morgan fingerprint density at radius 2 is 2.00 bits per heavy atom. The third-order valence-corrected chi connectivity index (χ3v) is 4.01. The molecule has 0 saturated carbocycles. The topological polar surface area (TPSA) is 58.4 Å². The third-order valence-electron chi connectivity index (χ3n) is 4.01. The van der Waals surface area contributed by atoms with E-state index < -0.39 is 0 Å². The molecule has 3 N–H and O–H groups in total. The summed E-state index contributed by atoms with van der Waals surface area (Å²) in [7, 11) is 0. The van der Waals surface area contributed by atoms with Gasteiger partial charge in [-0.2, -0.15) is 0 Å². The highest BCUT2D eigenvalue weighted by Gasteiger charge is 2.21. The molecule has 0 radical (unpaired) electrons. The number of amides is 1. The fourth-order valence-corrected chi connectivity index (χ4v) is 2.87. The lowest BCUT2D eigenvalue weighted by Gasteiger charge is -2.31. The van der Waals surface area contributed by atoms with Gasteiger partial charge in [0.2, 0.25) is 5.91 Å². The second-order valence-corrected chi connectivity index (χ2v) is 6.21. The molecule has 1 atom stereocenters. The standard InChI is InChI=1S/C15H31N3O/c1-4-18-7-5-14(6-8-18)17-15(19)10-13(11-16)9-12(2)3/h12-14H,4-11,16H2,1-3H3,(H,17,19). The first kappa shape index (κ1) is 16.4. The summed E-state index contributed by atoms with van der Waals surface area (Å²) in [6.07, 6.45) is 3.79. The van der Waals surface area contributed by atoms with Crippen molar-refractivity contribution >= 4 is 5.91 Å². The van der Waals surface area contributed by atoms with Crippen molar-refractivity contribution in [3.63, 3.8) is 0 Å². The van der Waals surface area contributed by atoms with Crippen molar-refractivity contribution in [2.45, 2.75) is 52.5 Å². The van der Waals surface area contributed by atoms with Crippen LogP contribution in [0.25, 0.3) is 0 Å². The zero-order chi connectivity index (χ0) is 14.3. The van der Waals surface area contributed by atoms with Crippen molar-refractivity contribution in [2.24, 2.45) is 17.6 Å². The number of nitrogens with two attached hydrogens (primary N) is 1. The molecule has 0 aromatic heterocycles. The van der Waals surface area contributed by atoms with Gasteiger partial charge in [0.05, 0.1) is 0 Å². The van der Waals surface area contributed by atoms with Crippen molar-refractivity contribution in [1.29, 1.82) is 0 Å². The third kappa shape index (κ3) is 6.39. The number of rotatable bonds is 7. The molecule has 1 aliphatic rings. The van der Waals surface area contributed by atoms with Gasteiger partial charge in [0.25, 0.3) is 0 Å². The molecule has 0 aromatic rings. The minimum absolute atomic E-state index is 0.186. The van der Waals surface area contributed by atoms with Gasteiger partial charge in [0, 0.05) is 25.6 Å². The van der Waals surface area contributed by atoms with Gasteiger partial charge >= 0.3 is 0 Å². The van der Waals surface area contributed by atoms with Crippen LogP contribution in [0.2, 0.25) is 0 Å². The normalized spacial score (nSPS) is 19.6. The van der Waals surface area contributed by atoms with E-state index in [1.165, 1.54) is 0 Å². The Hall–Kier alpha value is -0.610. The number of piperidine rings is 1. The first-order chi connectivity index (χ1) is 9.05. The number of nitrogens with one attached hydrogen (secondary N) is 1.